The zero-order valence-corrected chi connectivity index (χ0v) is 20.4. The molecule has 3 heterocycles. The molecule has 2 aliphatic heterocycles. The quantitative estimate of drug-likeness (QED) is 0.443. The molecule has 1 aromatic heterocycles. The average molecular weight is 519 g/mol. The number of hydrogen-bond donors (Lipinski definition) is 1. The van der Waals surface area contributed by atoms with Gasteiger partial charge in [-0.1, -0.05) is 24.6 Å². The van der Waals surface area contributed by atoms with Crippen LogP contribution in [0.15, 0.2) is 29.2 Å². The third-order valence-electron chi connectivity index (χ3n) is 6.43. The molecule has 0 unspecified atom stereocenters. The number of likely N-dealkylation sites (tertiary alicyclic amines) is 1. The van der Waals surface area contributed by atoms with Crippen molar-refractivity contribution in [3.05, 3.63) is 46.9 Å². The van der Waals surface area contributed by atoms with E-state index < -0.39 is 48.9 Å². The van der Waals surface area contributed by atoms with E-state index in [-0.39, 0.29) is 5.69 Å². The van der Waals surface area contributed by atoms with Gasteiger partial charge < -0.3 is 14.5 Å². The standard InChI is InChI=1S/C22H26ClF3N4O3S/c1-14-6-8-29(11-14)12-22(33-2)7-9-30(13-22)16-10-15(24)21(20(26)19(16)23)34(31,32)28-18-5-3-4-17(25)27-18/h3-5,10,14H,6-9,11-13H2,1-2H3,(H,27,28)/t14-,22+/m0/s1. The Balaban J connectivity index is 1.59. The van der Waals surface area contributed by atoms with Gasteiger partial charge >= 0.3 is 0 Å². The molecule has 0 aliphatic carbocycles. The van der Waals surface area contributed by atoms with Crippen molar-refractivity contribution in [3.8, 4) is 0 Å². The van der Waals surface area contributed by atoms with Gasteiger partial charge in [0.15, 0.2) is 10.7 Å². The summed E-state index contributed by atoms with van der Waals surface area (Å²) in [5, 5.41) is -0.518. The molecule has 2 aliphatic rings. The first-order valence-electron chi connectivity index (χ1n) is 10.9. The summed E-state index contributed by atoms with van der Waals surface area (Å²) in [6.07, 6.45) is 1.74. The fourth-order valence-corrected chi connectivity index (χ4v) is 6.15. The van der Waals surface area contributed by atoms with Gasteiger partial charge in [-0.05, 0) is 37.4 Å². The van der Waals surface area contributed by atoms with Gasteiger partial charge in [0.1, 0.15) is 16.7 Å². The molecule has 186 valence electrons. The molecule has 0 amide bonds. The molecule has 0 spiro atoms. The number of methoxy groups -OCH3 is 1. The van der Waals surface area contributed by atoms with E-state index in [2.05, 4.69) is 16.8 Å². The second kappa shape index (κ2) is 9.52. The Hall–Kier alpha value is -2.08. The van der Waals surface area contributed by atoms with Gasteiger partial charge in [0.25, 0.3) is 10.0 Å². The van der Waals surface area contributed by atoms with Gasteiger partial charge in [0.05, 0.1) is 11.3 Å². The number of pyridine rings is 1. The summed E-state index contributed by atoms with van der Waals surface area (Å²) in [6.45, 7) is 5.60. The zero-order valence-electron chi connectivity index (χ0n) is 18.8. The normalized spacial score (nSPS) is 23.6. The van der Waals surface area contributed by atoms with Crippen molar-refractivity contribution in [3.63, 3.8) is 0 Å². The zero-order chi connectivity index (χ0) is 24.7. The summed E-state index contributed by atoms with van der Waals surface area (Å²) < 4.78 is 76.5. The lowest BCUT2D eigenvalue weighted by atomic mass is 10.0. The first-order valence-corrected chi connectivity index (χ1v) is 12.7. The number of rotatable bonds is 7. The van der Waals surface area contributed by atoms with Crippen LogP contribution in [0, 0.1) is 23.5 Å². The maximum Gasteiger partial charge on any atom is 0.268 e. The number of hydrogen-bond acceptors (Lipinski definition) is 6. The van der Waals surface area contributed by atoms with Crippen molar-refractivity contribution in [2.75, 3.05) is 49.5 Å². The highest BCUT2D eigenvalue weighted by Gasteiger charge is 2.42. The number of aromatic nitrogens is 1. The van der Waals surface area contributed by atoms with E-state index >= 15 is 4.39 Å². The Morgan fingerprint density at radius 2 is 2.06 bits per heavy atom. The van der Waals surface area contributed by atoms with E-state index in [9.17, 15) is 17.2 Å². The van der Waals surface area contributed by atoms with Gasteiger partial charge in [-0.2, -0.15) is 4.39 Å². The van der Waals surface area contributed by atoms with E-state index in [1.54, 1.807) is 12.0 Å². The summed E-state index contributed by atoms with van der Waals surface area (Å²) in [5.74, 6) is -3.50. The molecule has 34 heavy (non-hydrogen) atoms. The smallest absolute Gasteiger partial charge is 0.268 e. The molecule has 2 fully saturated rings. The second-order valence-corrected chi connectivity index (χ2v) is 11.0. The minimum absolute atomic E-state index is 0.0493. The lowest BCUT2D eigenvalue weighted by molar-refractivity contribution is -0.0156. The predicted molar refractivity (Wildman–Crippen MR) is 123 cm³/mol. The van der Waals surface area contributed by atoms with Crippen LogP contribution in [-0.4, -0.2) is 63.7 Å². The molecule has 0 saturated carbocycles. The van der Waals surface area contributed by atoms with Crippen molar-refractivity contribution < 1.29 is 26.3 Å². The maximum atomic E-state index is 15.1. The number of sulfonamides is 1. The highest BCUT2D eigenvalue weighted by molar-refractivity contribution is 7.92. The number of nitrogens with zero attached hydrogens (tertiary/aromatic N) is 3. The third kappa shape index (κ3) is 4.98. The Bertz CT molecular complexity index is 1190. The summed E-state index contributed by atoms with van der Waals surface area (Å²) in [5.41, 5.74) is -0.483. The average Bonchev–Trinajstić information content (AvgIpc) is 3.37. The van der Waals surface area contributed by atoms with E-state index in [1.165, 1.54) is 6.07 Å². The van der Waals surface area contributed by atoms with Crippen molar-refractivity contribution >= 4 is 33.1 Å². The van der Waals surface area contributed by atoms with Crippen molar-refractivity contribution in [2.45, 2.75) is 30.3 Å². The fraction of sp³-hybridized carbons (Fsp3) is 0.500. The van der Waals surface area contributed by atoms with Crippen LogP contribution in [0.3, 0.4) is 0 Å². The van der Waals surface area contributed by atoms with Gasteiger partial charge in [0.2, 0.25) is 5.95 Å². The molecule has 7 nitrogen and oxygen atoms in total. The number of ether oxygens (including phenoxy) is 1. The number of benzene rings is 1. The van der Waals surface area contributed by atoms with Gasteiger partial charge in [-0.3, -0.25) is 4.72 Å². The van der Waals surface area contributed by atoms with Crippen LogP contribution in [0.4, 0.5) is 24.7 Å². The maximum absolute atomic E-state index is 15.1. The summed E-state index contributed by atoms with van der Waals surface area (Å²) in [4.78, 5) is 6.13. The van der Waals surface area contributed by atoms with Gasteiger partial charge in [-0.25, -0.2) is 22.2 Å². The molecule has 1 aromatic carbocycles. The monoisotopic (exact) mass is 518 g/mol. The minimum atomic E-state index is -4.77. The topological polar surface area (TPSA) is 74.8 Å². The SMILES string of the molecule is CO[C@@]1(CN2CC[C@H](C)C2)CCN(c2cc(F)c(S(=O)(=O)Nc3cccc(F)n3)c(F)c2Cl)C1. The Labute approximate surface area is 201 Å². The molecule has 0 radical (unpaired) electrons. The molecular weight excluding hydrogens is 493 g/mol. The van der Waals surface area contributed by atoms with Crippen molar-refractivity contribution in [1.82, 2.24) is 9.88 Å². The van der Waals surface area contributed by atoms with Crippen LogP contribution in [-0.2, 0) is 14.8 Å². The molecular formula is C22H26ClF3N4O3S. The van der Waals surface area contributed by atoms with E-state index in [0.717, 1.165) is 37.7 Å². The predicted octanol–water partition coefficient (Wildman–Crippen LogP) is 3.89. The van der Waals surface area contributed by atoms with Crippen LogP contribution in [0.25, 0.3) is 0 Å². The Morgan fingerprint density at radius 3 is 2.71 bits per heavy atom. The molecule has 0 bridgehead atoms. The molecule has 1 N–H and O–H groups in total. The number of halogens is 4. The van der Waals surface area contributed by atoms with Crippen LogP contribution in [0.1, 0.15) is 19.8 Å². The fourth-order valence-electron chi connectivity index (χ4n) is 4.68. The molecule has 2 saturated heterocycles. The van der Waals surface area contributed by atoms with Crippen LogP contribution in [0.2, 0.25) is 5.02 Å². The van der Waals surface area contributed by atoms with Crippen LogP contribution < -0.4 is 9.62 Å². The Morgan fingerprint density at radius 1 is 1.29 bits per heavy atom. The third-order valence-corrected chi connectivity index (χ3v) is 8.18. The van der Waals surface area contributed by atoms with Crippen LogP contribution >= 0.6 is 11.6 Å². The Kier molecular flexibility index (Phi) is 7.01. The largest absolute Gasteiger partial charge is 0.375 e. The number of nitrogens with one attached hydrogen (secondary N) is 1. The molecule has 2 aromatic rings. The van der Waals surface area contributed by atoms with Crippen molar-refractivity contribution in [1.29, 1.82) is 0 Å². The first kappa shape index (κ1) is 25.0. The molecule has 12 heteroatoms. The molecule has 2 atom stereocenters. The second-order valence-electron chi connectivity index (χ2n) is 8.97. The highest BCUT2D eigenvalue weighted by Crippen LogP contribution is 2.39. The number of anilines is 2. The van der Waals surface area contributed by atoms with Crippen LogP contribution in [0.5, 0.6) is 0 Å². The lowest BCUT2D eigenvalue weighted by Crippen LogP contribution is -2.46. The summed E-state index contributed by atoms with van der Waals surface area (Å²) in [7, 11) is -3.15. The molecule has 4 rings (SSSR count). The van der Waals surface area contributed by atoms with Crippen molar-refractivity contribution in [2.24, 2.45) is 5.92 Å². The first-order chi connectivity index (χ1) is 16.0. The summed E-state index contributed by atoms with van der Waals surface area (Å²) in [6, 6.07) is 4.27. The van der Waals surface area contributed by atoms with Gasteiger partial charge in [0, 0.05) is 39.4 Å². The summed E-state index contributed by atoms with van der Waals surface area (Å²) >= 11 is 6.21. The van der Waals surface area contributed by atoms with E-state index in [4.69, 9.17) is 16.3 Å². The lowest BCUT2D eigenvalue weighted by Gasteiger charge is -2.33. The van der Waals surface area contributed by atoms with E-state index in [1.807, 2.05) is 4.72 Å². The van der Waals surface area contributed by atoms with E-state index in [0.29, 0.717) is 32.0 Å². The van der Waals surface area contributed by atoms with Gasteiger partial charge in [-0.15, -0.1) is 0 Å². The minimum Gasteiger partial charge on any atom is -0.375 e. The highest BCUT2D eigenvalue weighted by atomic mass is 35.5.